The van der Waals surface area contributed by atoms with Crippen molar-refractivity contribution in [1.82, 2.24) is 10.2 Å². The summed E-state index contributed by atoms with van der Waals surface area (Å²) in [5, 5.41) is 15.2. The number of piperidine rings is 1. The van der Waals surface area contributed by atoms with Crippen molar-refractivity contribution in [1.29, 1.82) is 5.41 Å². The zero-order chi connectivity index (χ0) is 16.6. The van der Waals surface area contributed by atoms with Gasteiger partial charge >= 0.3 is 0 Å². The van der Waals surface area contributed by atoms with Gasteiger partial charge < -0.3 is 15.4 Å². The monoisotopic (exact) mass is 330 g/mol. The maximum Gasteiger partial charge on any atom is 0.215 e. The van der Waals surface area contributed by atoms with Crippen molar-refractivity contribution < 1.29 is 4.74 Å². The third-order valence-corrected chi connectivity index (χ3v) is 5.00. The van der Waals surface area contributed by atoms with Crippen LogP contribution in [0.5, 0.6) is 0 Å². The first kappa shape index (κ1) is 17.2. The second kappa shape index (κ2) is 9.04. The Labute approximate surface area is 145 Å². The van der Waals surface area contributed by atoms with Crippen LogP contribution in [-0.4, -0.2) is 56.7 Å². The molecule has 1 atom stereocenters. The van der Waals surface area contributed by atoms with Crippen LogP contribution in [0.3, 0.4) is 0 Å². The zero-order valence-electron chi connectivity index (χ0n) is 14.5. The van der Waals surface area contributed by atoms with Crippen LogP contribution in [0.2, 0.25) is 0 Å². The molecule has 3 rings (SSSR count). The summed E-state index contributed by atoms with van der Waals surface area (Å²) in [6.45, 7) is 7.03. The van der Waals surface area contributed by atoms with Gasteiger partial charge in [0.15, 0.2) is 0 Å². The molecule has 2 heterocycles. The molecule has 0 saturated carbocycles. The van der Waals surface area contributed by atoms with Gasteiger partial charge in [0, 0.05) is 18.8 Å². The predicted molar refractivity (Wildman–Crippen MR) is 99.0 cm³/mol. The maximum atomic E-state index is 8.27. The van der Waals surface area contributed by atoms with Gasteiger partial charge in [0.05, 0.1) is 5.56 Å². The zero-order valence-corrected chi connectivity index (χ0v) is 14.5. The van der Waals surface area contributed by atoms with Crippen molar-refractivity contribution in [3.8, 4) is 0 Å². The summed E-state index contributed by atoms with van der Waals surface area (Å²) in [7, 11) is 0. The van der Waals surface area contributed by atoms with Crippen molar-refractivity contribution in [2.75, 3.05) is 51.2 Å². The minimum atomic E-state index is 0.277. The van der Waals surface area contributed by atoms with E-state index in [0.29, 0.717) is 12.5 Å². The van der Waals surface area contributed by atoms with E-state index in [0.717, 1.165) is 37.4 Å². The highest BCUT2D eigenvalue weighted by Gasteiger charge is 2.15. The summed E-state index contributed by atoms with van der Waals surface area (Å²) in [6, 6.07) is 8.01. The van der Waals surface area contributed by atoms with Gasteiger partial charge in [0.1, 0.15) is 6.61 Å². The van der Waals surface area contributed by atoms with E-state index >= 15 is 0 Å². The fraction of sp³-hybridized carbons (Fsp3) is 0.632. The molecule has 2 aliphatic rings. The molecule has 2 aliphatic heterocycles. The lowest BCUT2D eigenvalue weighted by molar-refractivity contribution is 0.229. The van der Waals surface area contributed by atoms with Crippen LogP contribution in [0.25, 0.3) is 0 Å². The molecular weight excluding hydrogens is 300 g/mol. The van der Waals surface area contributed by atoms with Crippen LogP contribution >= 0.6 is 0 Å². The third kappa shape index (κ3) is 4.95. The third-order valence-electron chi connectivity index (χ3n) is 5.00. The second-order valence-corrected chi connectivity index (χ2v) is 6.87. The van der Waals surface area contributed by atoms with Crippen molar-refractivity contribution in [2.45, 2.75) is 25.7 Å². The van der Waals surface area contributed by atoms with E-state index in [2.05, 4.69) is 15.5 Å². The van der Waals surface area contributed by atoms with Gasteiger partial charge in [-0.25, -0.2) is 0 Å². The Hall–Kier alpha value is -1.59. The predicted octanol–water partition coefficient (Wildman–Crippen LogP) is 2.54. The van der Waals surface area contributed by atoms with Crippen LogP contribution in [0.1, 0.15) is 31.2 Å². The van der Waals surface area contributed by atoms with Gasteiger partial charge in [0.2, 0.25) is 5.90 Å². The summed E-state index contributed by atoms with van der Waals surface area (Å²) in [5.74, 6) is 0.941. The van der Waals surface area contributed by atoms with Gasteiger partial charge in [-0.1, -0.05) is 12.1 Å². The van der Waals surface area contributed by atoms with E-state index in [4.69, 9.17) is 10.1 Å². The summed E-state index contributed by atoms with van der Waals surface area (Å²) in [5.41, 5.74) is 1.87. The molecule has 1 aromatic rings. The van der Waals surface area contributed by atoms with Crippen LogP contribution in [0.15, 0.2) is 24.3 Å². The highest BCUT2D eigenvalue weighted by atomic mass is 16.5. The highest BCUT2D eigenvalue weighted by Crippen LogP contribution is 2.18. The highest BCUT2D eigenvalue weighted by molar-refractivity contribution is 5.97. The minimum Gasteiger partial charge on any atom is -0.476 e. The van der Waals surface area contributed by atoms with Gasteiger partial charge in [-0.15, -0.1) is 0 Å². The SMILES string of the molecule is N=C(OCCN1CCCC1)c1ccccc1NCC1CCCNC1. The fourth-order valence-corrected chi connectivity index (χ4v) is 3.55. The Morgan fingerprint density at radius 3 is 2.88 bits per heavy atom. The molecule has 1 unspecified atom stereocenters. The molecular formula is C19H30N4O. The average Bonchev–Trinajstić information content (AvgIpc) is 3.14. The molecule has 0 aliphatic carbocycles. The molecule has 2 saturated heterocycles. The van der Waals surface area contributed by atoms with Gasteiger partial charge in [-0.05, 0) is 69.9 Å². The van der Waals surface area contributed by atoms with Gasteiger partial charge in [0.25, 0.3) is 0 Å². The molecule has 1 aromatic carbocycles. The lowest BCUT2D eigenvalue weighted by atomic mass is 9.99. The molecule has 5 heteroatoms. The molecule has 3 N–H and O–H groups in total. The number of benzene rings is 1. The van der Waals surface area contributed by atoms with Gasteiger partial charge in [-0.3, -0.25) is 10.3 Å². The molecule has 0 radical (unpaired) electrons. The molecule has 0 spiro atoms. The molecule has 0 aromatic heterocycles. The van der Waals surface area contributed by atoms with Gasteiger partial charge in [-0.2, -0.15) is 0 Å². The van der Waals surface area contributed by atoms with E-state index in [1.807, 2.05) is 24.3 Å². The number of hydrogen-bond donors (Lipinski definition) is 3. The van der Waals surface area contributed by atoms with Crippen molar-refractivity contribution in [2.24, 2.45) is 5.92 Å². The van der Waals surface area contributed by atoms with Crippen LogP contribution in [0.4, 0.5) is 5.69 Å². The second-order valence-electron chi connectivity index (χ2n) is 6.87. The quantitative estimate of drug-likeness (QED) is 0.531. The number of para-hydroxylation sites is 1. The molecule has 24 heavy (non-hydrogen) atoms. The van der Waals surface area contributed by atoms with Crippen molar-refractivity contribution >= 4 is 11.6 Å². The number of ether oxygens (including phenoxy) is 1. The lowest BCUT2D eigenvalue weighted by Crippen LogP contribution is -2.33. The minimum absolute atomic E-state index is 0.277. The maximum absolute atomic E-state index is 8.27. The first-order valence-electron chi connectivity index (χ1n) is 9.30. The van der Waals surface area contributed by atoms with Crippen LogP contribution in [-0.2, 0) is 4.74 Å². The van der Waals surface area contributed by atoms with E-state index in [-0.39, 0.29) is 5.90 Å². The topological polar surface area (TPSA) is 60.4 Å². The summed E-state index contributed by atoms with van der Waals surface area (Å²) in [6.07, 6.45) is 5.11. The smallest absolute Gasteiger partial charge is 0.215 e. The van der Waals surface area contributed by atoms with E-state index in [1.54, 1.807) is 0 Å². The van der Waals surface area contributed by atoms with Crippen molar-refractivity contribution in [3.05, 3.63) is 29.8 Å². The van der Waals surface area contributed by atoms with Crippen LogP contribution < -0.4 is 10.6 Å². The Bertz CT molecular complexity index is 522. The molecule has 132 valence electrons. The molecule has 0 amide bonds. The van der Waals surface area contributed by atoms with Crippen LogP contribution in [0, 0.1) is 11.3 Å². The van der Waals surface area contributed by atoms with E-state index in [1.165, 1.54) is 38.8 Å². The first-order valence-corrected chi connectivity index (χ1v) is 9.30. The Kier molecular flexibility index (Phi) is 6.49. The Morgan fingerprint density at radius 2 is 2.08 bits per heavy atom. The number of hydrogen-bond acceptors (Lipinski definition) is 5. The normalized spacial score (nSPS) is 21.6. The largest absolute Gasteiger partial charge is 0.476 e. The Balaban J connectivity index is 1.49. The molecule has 0 bridgehead atoms. The number of nitrogens with one attached hydrogen (secondary N) is 3. The Morgan fingerprint density at radius 1 is 1.25 bits per heavy atom. The average molecular weight is 330 g/mol. The lowest BCUT2D eigenvalue weighted by Gasteiger charge is -2.24. The summed E-state index contributed by atoms with van der Waals surface area (Å²) < 4.78 is 5.71. The summed E-state index contributed by atoms with van der Waals surface area (Å²) >= 11 is 0. The standard InChI is InChI=1S/C19H30N4O/c20-19(24-13-12-23-10-3-4-11-23)17-7-1-2-8-18(17)22-15-16-6-5-9-21-14-16/h1-2,7-8,16,20-22H,3-6,9-15H2. The van der Waals surface area contributed by atoms with Crippen molar-refractivity contribution in [3.63, 3.8) is 0 Å². The summed E-state index contributed by atoms with van der Waals surface area (Å²) in [4.78, 5) is 2.41. The van der Waals surface area contributed by atoms with E-state index < -0.39 is 0 Å². The number of anilines is 1. The molecule has 5 nitrogen and oxygen atoms in total. The number of nitrogens with zero attached hydrogens (tertiary/aromatic N) is 1. The molecule has 2 fully saturated rings. The fourth-order valence-electron chi connectivity index (χ4n) is 3.55. The van der Waals surface area contributed by atoms with E-state index in [9.17, 15) is 0 Å². The number of rotatable bonds is 7. The number of likely N-dealkylation sites (tertiary alicyclic amines) is 1. The first-order chi connectivity index (χ1) is 11.8.